The van der Waals surface area contributed by atoms with Gasteiger partial charge in [0.25, 0.3) is 5.56 Å². The molecule has 29 heavy (non-hydrogen) atoms. The number of hydrogen-bond donors (Lipinski definition) is 1. The Bertz CT molecular complexity index is 1290. The highest BCUT2D eigenvalue weighted by molar-refractivity contribution is 6.03. The first-order valence-corrected chi connectivity index (χ1v) is 8.15. The summed E-state index contributed by atoms with van der Waals surface area (Å²) < 4.78 is 79.7. The third kappa shape index (κ3) is 3.32. The van der Waals surface area contributed by atoms with Gasteiger partial charge in [-0.15, -0.1) is 0 Å². The fourth-order valence-corrected chi connectivity index (χ4v) is 3.21. The first kappa shape index (κ1) is 19.0. The Morgan fingerprint density at radius 2 is 1.72 bits per heavy atom. The lowest BCUT2D eigenvalue weighted by Crippen LogP contribution is -2.28. The average Bonchev–Trinajstić information content (AvgIpc) is 3.13. The highest BCUT2D eigenvalue weighted by atomic mass is 19.4. The average molecular weight is 412 g/mol. The van der Waals surface area contributed by atoms with E-state index in [4.69, 9.17) is 0 Å². The minimum atomic E-state index is -4.72. The number of aromatic amines is 1. The molecule has 4 aromatic rings. The van der Waals surface area contributed by atoms with Gasteiger partial charge in [0.05, 0.1) is 33.9 Å². The highest BCUT2D eigenvalue weighted by Crippen LogP contribution is 2.37. The summed E-state index contributed by atoms with van der Waals surface area (Å²) >= 11 is 0. The van der Waals surface area contributed by atoms with Gasteiger partial charge in [0.15, 0.2) is 0 Å². The number of nitrogens with one attached hydrogen (secondary N) is 1. The number of halogens is 6. The smallest absolute Gasteiger partial charge is 0.298 e. The minimum Gasteiger partial charge on any atom is -0.298 e. The molecule has 0 radical (unpaired) electrons. The number of rotatable bonds is 2. The number of H-pyrrole nitrogens is 1. The summed E-state index contributed by atoms with van der Waals surface area (Å²) in [6.45, 7) is -1.60. The quantitative estimate of drug-likeness (QED) is 0.493. The summed E-state index contributed by atoms with van der Waals surface area (Å²) in [5.41, 5.74) is -2.51. The van der Waals surface area contributed by atoms with E-state index >= 15 is 0 Å². The van der Waals surface area contributed by atoms with Crippen molar-refractivity contribution in [3.63, 3.8) is 0 Å². The lowest BCUT2D eigenvalue weighted by Gasteiger charge is -2.16. The Hall–Kier alpha value is -3.37. The second-order valence-corrected chi connectivity index (χ2v) is 6.30. The standard InChI is InChI=1S/C18H10F6N4O/c19-17(20,21)8-28-14-5-13(9-3-1-2-4-12(9)18(22,23)24)25-6-10(14)15-11(16(28)29)7-26-27-15/h1-7H,8H2,(H,26,27). The molecule has 0 saturated heterocycles. The van der Waals surface area contributed by atoms with Gasteiger partial charge in [0, 0.05) is 17.1 Å². The summed E-state index contributed by atoms with van der Waals surface area (Å²) in [6, 6.07) is 5.62. The first-order chi connectivity index (χ1) is 13.6. The lowest BCUT2D eigenvalue weighted by molar-refractivity contribution is -0.140. The second kappa shape index (κ2) is 6.33. The molecule has 150 valence electrons. The van der Waals surface area contributed by atoms with E-state index in [-0.39, 0.29) is 33.1 Å². The van der Waals surface area contributed by atoms with Crippen LogP contribution in [0.4, 0.5) is 26.3 Å². The lowest BCUT2D eigenvalue weighted by atomic mass is 10.0. The zero-order valence-corrected chi connectivity index (χ0v) is 14.3. The number of fused-ring (bicyclic) bond motifs is 3. The zero-order valence-electron chi connectivity index (χ0n) is 14.3. The van der Waals surface area contributed by atoms with Crippen LogP contribution in [0.3, 0.4) is 0 Å². The van der Waals surface area contributed by atoms with Crippen molar-refractivity contribution >= 4 is 21.8 Å². The molecule has 0 aliphatic heterocycles. The van der Waals surface area contributed by atoms with Crippen LogP contribution in [0.15, 0.2) is 47.5 Å². The summed E-state index contributed by atoms with van der Waals surface area (Å²) in [7, 11) is 0. The van der Waals surface area contributed by atoms with Crippen molar-refractivity contribution in [3.8, 4) is 11.3 Å². The van der Waals surface area contributed by atoms with Crippen LogP contribution in [-0.2, 0) is 12.7 Å². The zero-order chi connectivity index (χ0) is 21.0. The van der Waals surface area contributed by atoms with Crippen LogP contribution in [0.5, 0.6) is 0 Å². The summed E-state index contributed by atoms with van der Waals surface area (Å²) in [6.07, 6.45) is -7.19. The van der Waals surface area contributed by atoms with Gasteiger partial charge in [-0.05, 0) is 12.1 Å². The van der Waals surface area contributed by atoms with Gasteiger partial charge in [0.2, 0.25) is 0 Å². The molecule has 11 heteroatoms. The van der Waals surface area contributed by atoms with Crippen LogP contribution in [-0.4, -0.2) is 25.9 Å². The number of hydrogen-bond acceptors (Lipinski definition) is 3. The number of pyridine rings is 2. The predicted octanol–water partition coefficient (Wildman–Crippen LogP) is 4.52. The van der Waals surface area contributed by atoms with Gasteiger partial charge in [-0.1, -0.05) is 18.2 Å². The molecule has 1 aromatic carbocycles. The van der Waals surface area contributed by atoms with E-state index in [1.54, 1.807) is 0 Å². The van der Waals surface area contributed by atoms with Crippen LogP contribution < -0.4 is 5.56 Å². The molecule has 0 aliphatic rings. The van der Waals surface area contributed by atoms with E-state index in [1.165, 1.54) is 12.1 Å². The molecule has 0 amide bonds. The van der Waals surface area contributed by atoms with E-state index in [0.29, 0.717) is 4.57 Å². The van der Waals surface area contributed by atoms with Crippen molar-refractivity contribution in [2.45, 2.75) is 18.9 Å². The van der Waals surface area contributed by atoms with Crippen molar-refractivity contribution in [1.82, 2.24) is 19.7 Å². The molecule has 0 bridgehead atoms. The van der Waals surface area contributed by atoms with Crippen molar-refractivity contribution < 1.29 is 26.3 Å². The second-order valence-electron chi connectivity index (χ2n) is 6.30. The fraction of sp³-hybridized carbons (Fsp3) is 0.167. The number of aromatic nitrogens is 4. The van der Waals surface area contributed by atoms with Crippen molar-refractivity contribution in [3.05, 3.63) is 58.6 Å². The highest BCUT2D eigenvalue weighted by Gasteiger charge is 2.34. The maximum absolute atomic E-state index is 13.3. The molecule has 0 fully saturated rings. The molecule has 5 nitrogen and oxygen atoms in total. The SMILES string of the molecule is O=c1c2cn[nH]c2c2cnc(-c3ccccc3C(F)(F)F)cc2n1CC(F)(F)F. The normalized spacial score (nSPS) is 12.8. The van der Waals surface area contributed by atoms with Crippen LogP contribution in [0.25, 0.3) is 33.1 Å². The Morgan fingerprint density at radius 1 is 1.00 bits per heavy atom. The van der Waals surface area contributed by atoms with E-state index in [9.17, 15) is 31.1 Å². The van der Waals surface area contributed by atoms with Crippen molar-refractivity contribution in [2.75, 3.05) is 0 Å². The molecule has 0 unspecified atom stereocenters. The minimum absolute atomic E-state index is 0.0769. The predicted molar refractivity (Wildman–Crippen MR) is 92.1 cm³/mol. The molecule has 0 saturated carbocycles. The van der Waals surface area contributed by atoms with E-state index < -0.39 is 30.0 Å². The van der Waals surface area contributed by atoms with E-state index in [2.05, 4.69) is 15.2 Å². The Morgan fingerprint density at radius 3 is 2.41 bits per heavy atom. The molecule has 4 rings (SSSR count). The number of benzene rings is 1. The van der Waals surface area contributed by atoms with E-state index in [0.717, 1.165) is 30.6 Å². The molecule has 3 heterocycles. The topological polar surface area (TPSA) is 63.6 Å². The van der Waals surface area contributed by atoms with Crippen LogP contribution in [0.1, 0.15) is 5.56 Å². The summed E-state index contributed by atoms with van der Waals surface area (Å²) in [4.78, 5) is 16.6. The Kier molecular flexibility index (Phi) is 4.14. The molecular weight excluding hydrogens is 402 g/mol. The van der Waals surface area contributed by atoms with Gasteiger partial charge in [0.1, 0.15) is 6.54 Å². The van der Waals surface area contributed by atoms with Gasteiger partial charge >= 0.3 is 12.4 Å². The van der Waals surface area contributed by atoms with Crippen LogP contribution >= 0.6 is 0 Å². The monoisotopic (exact) mass is 412 g/mol. The Labute approximate surface area is 157 Å². The molecule has 0 atom stereocenters. The van der Waals surface area contributed by atoms with Crippen LogP contribution in [0, 0.1) is 0 Å². The molecule has 0 aliphatic carbocycles. The maximum Gasteiger partial charge on any atom is 0.417 e. The van der Waals surface area contributed by atoms with Gasteiger partial charge in [-0.3, -0.25) is 19.4 Å². The molecule has 0 spiro atoms. The van der Waals surface area contributed by atoms with Crippen LogP contribution in [0.2, 0.25) is 0 Å². The van der Waals surface area contributed by atoms with Crippen molar-refractivity contribution in [2.24, 2.45) is 0 Å². The fourth-order valence-electron chi connectivity index (χ4n) is 3.21. The largest absolute Gasteiger partial charge is 0.417 e. The summed E-state index contributed by atoms with van der Waals surface area (Å²) in [5, 5.41) is 6.26. The van der Waals surface area contributed by atoms with Gasteiger partial charge in [-0.2, -0.15) is 31.4 Å². The number of nitrogens with zero attached hydrogens (tertiary/aromatic N) is 3. The van der Waals surface area contributed by atoms with E-state index in [1.807, 2.05) is 0 Å². The molecule has 3 aromatic heterocycles. The number of alkyl halides is 6. The van der Waals surface area contributed by atoms with Gasteiger partial charge in [-0.25, -0.2) is 0 Å². The maximum atomic E-state index is 13.3. The summed E-state index contributed by atoms with van der Waals surface area (Å²) in [5.74, 6) is 0. The van der Waals surface area contributed by atoms with Crippen molar-refractivity contribution in [1.29, 1.82) is 0 Å². The third-order valence-electron chi connectivity index (χ3n) is 4.40. The first-order valence-electron chi connectivity index (χ1n) is 8.15. The molecular formula is C18H10F6N4O. The third-order valence-corrected chi connectivity index (χ3v) is 4.40. The Balaban J connectivity index is 2.06. The van der Waals surface area contributed by atoms with Gasteiger partial charge < -0.3 is 0 Å². The molecule has 1 N–H and O–H groups in total.